The standard InChI is InChI=1S/C32H40O/c1-7-8-15-32(20-23(4)16-24(5)21-32)30-19-29(13-14-31(30)33-6)28-12-11-26-17-25(22(2)3)9-10-27(26)18-28/h7-14,17-19,22-24H,15-16,20-21H2,1-6H3/b8-7-. The van der Waals surface area contributed by atoms with Crippen LogP contribution in [0, 0.1) is 11.8 Å². The second-order valence-electron chi connectivity index (χ2n) is 10.8. The van der Waals surface area contributed by atoms with E-state index in [2.05, 4.69) is 101 Å². The first-order valence-electron chi connectivity index (χ1n) is 12.7. The van der Waals surface area contributed by atoms with E-state index in [0.29, 0.717) is 5.92 Å². The number of benzene rings is 3. The lowest BCUT2D eigenvalue weighted by Gasteiger charge is -2.44. The van der Waals surface area contributed by atoms with Crippen LogP contribution >= 0.6 is 0 Å². The third kappa shape index (κ3) is 4.88. The number of hydrogen-bond donors (Lipinski definition) is 0. The minimum Gasteiger partial charge on any atom is -0.496 e. The van der Waals surface area contributed by atoms with Gasteiger partial charge in [0, 0.05) is 11.0 Å². The molecule has 1 aliphatic carbocycles. The molecule has 4 rings (SSSR count). The summed E-state index contributed by atoms with van der Waals surface area (Å²) in [4.78, 5) is 0. The van der Waals surface area contributed by atoms with Crippen LogP contribution in [0.2, 0.25) is 0 Å². The minimum atomic E-state index is 0.133. The van der Waals surface area contributed by atoms with Crippen LogP contribution in [-0.2, 0) is 5.41 Å². The van der Waals surface area contributed by atoms with Crippen molar-refractivity contribution in [3.8, 4) is 16.9 Å². The summed E-state index contributed by atoms with van der Waals surface area (Å²) in [6.07, 6.45) is 9.40. The number of rotatable bonds is 6. The van der Waals surface area contributed by atoms with Gasteiger partial charge >= 0.3 is 0 Å². The molecule has 0 radical (unpaired) electrons. The van der Waals surface area contributed by atoms with Crippen LogP contribution in [-0.4, -0.2) is 7.11 Å². The predicted octanol–water partition coefficient (Wildman–Crippen LogP) is 9.30. The lowest BCUT2D eigenvalue weighted by Crippen LogP contribution is -2.35. The molecule has 3 aromatic rings. The van der Waals surface area contributed by atoms with Gasteiger partial charge in [-0.2, -0.15) is 0 Å². The topological polar surface area (TPSA) is 9.23 Å². The Morgan fingerprint density at radius 3 is 2.21 bits per heavy atom. The smallest absolute Gasteiger partial charge is 0.122 e. The normalized spacial score (nSPS) is 23.5. The molecule has 0 heterocycles. The largest absolute Gasteiger partial charge is 0.496 e. The number of fused-ring (bicyclic) bond motifs is 1. The molecule has 0 N–H and O–H groups in total. The van der Waals surface area contributed by atoms with E-state index in [1.807, 2.05) is 7.11 Å². The summed E-state index contributed by atoms with van der Waals surface area (Å²) in [5.41, 5.74) is 5.48. The molecule has 0 aliphatic heterocycles. The molecule has 1 heteroatoms. The van der Waals surface area contributed by atoms with Gasteiger partial charge in [-0.25, -0.2) is 0 Å². The maximum Gasteiger partial charge on any atom is 0.122 e. The molecule has 0 spiro atoms. The maximum absolute atomic E-state index is 5.95. The van der Waals surface area contributed by atoms with Crippen LogP contribution in [0.4, 0.5) is 0 Å². The Morgan fingerprint density at radius 1 is 0.909 bits per heavy atom. The van der Waals surface area contributed by atoms with Crippen molar-refractivity contribution in [1.29, 1.82) is 0 Å². The Kier molecular flexibility index (Phi) is 6.98. The van der Waals surface area contributed by atoms with Crippen LogP contribution < -0.4 is 4.74 Å². The van der Waals surface area contributed by atoms with Crippen molar-refractivity contribution in [3.63, 3.8) is 0 Å². The van der Waals surface area contributed by atoms with Gasteiger partial charge in [0.2, 0.25) is 0 Å². The Morgan fingerprint density at radius 2 is 1.55 bits per heavy atom. The highest BCUT2D eigenvalue weighted by Gasteiger charge is 2.40. The van der Waals surface area contributed by atoms with Crippen LogP contribution in [0.15, 0.2) is 66.7 Å². The summed E-state index contributed by atoms with van der Waals surface area (Å²) in [6, 6.07) is 20.6. The van der Waals surface area contributed by atoms with Crippen LogP contribution in [0.1, 0.15) is 77.3 Å². The molecule has 3 aromatic carbocycles. The molecule has 1 saturated carbocycles. The van der Waals surface area contributed by atoms with Crippen molar-refractivity contribution in [3.05, 3.63) is 77.9 Å². The van der Waals surface area contributed by atoms with E-state index in [4.69, 9.17) is 4.74 Å². The average molecular weight is 441 g/mol. The van der Waals surface area contributed by atoms with E-state index in [1.165, 1.54) is 52.3 Å². The summed E-state index contributed by atoms with van der Waals surface area (Å²) >= 11 is 0. The molecule has 33 heavy (non-hydrogen) atoms. The Hall–Kier alpha value is -2.54. The van der Waals surface area contributed by atoms with Gasteiger partial charge in [0.25, 0.3) is 0 Å². The van der Waals surface area contributed by atoms with Gasteiger partial charge in [-0.3, -0.25) is 0 Å². The number of hydrogen-bond acceptors (Lipinski definition) is 1. The van der Waals surface area contributed by atoms with E-state index in [9.17, 15) is 0 Å². The van der Waals surface area contributed by atoms with Gasteiger partial charge in [-0.05, 0) is 96.0 Å². The zero-order valence-electron chi connectivity index (χ0n) is 21.3. The molecule has 1 nitrogen and oxygen atoms in total. The molecular weight excluding hydrogens is 400 g/mol. The van der Waals surface area contributed by atoms with Crippen molar-refractivity contribution in [2.24, 2.45) is 11.8 Å². The molecule has 0 aromatic heterocycles. The van der Waals surface area contributed by atoms with Gasteiger partial charge < -0.3 is 4.74 Å². The third-order valence-electron chi connectivity index (χ3n) is 7.66. The van der Waals surface area contributed by atoms with E-state index in [-0.39, 0.29) is 5.41 Å². The van der Waals surface area contributed by atoms with Crippen molar-refractivity contribution < 1.29 is 4.74 Å². The first-order valence-corrected chi connectivity index (χ1v) is 12.7. The monoisotopic (exact) mass is 440 g/mol. The van der Waals surface area contributed by atoms with Gasteiger partial charge in [0.1, 0.15) is 5.75 Å². The molecule has 174 valence electrons. The fourth-order valence-electron chi connectivity index (χ4n) is 6.22. The van der Waals surface area contributed by atoms with Gasteiger partial charge in [-0.15, -0.1) is 0 Å². The van der Waals surface area contributed by atoms with Crippen molar-refractivity contribution in [1.82, 2.24) is 0 Å². The van der Waals surface area contributed by atoms with Crippen LogP contribution in [0.25, 0.3) is 21.9 Å². The van der Waals surface area contributed by atoms with Crippen molar-refractivity contribution >= 4 is 10.8 Å². The lowest BCUT2D eigenvalue weighted by atomic mass is 9.61. The van der Waals surface area contributed by atoms with E-state index in [0.717, 1.165) is 24.0 Å². The van der Waals surface area contributed by atoms with E-state index in [1.54, 1.807) is 0 Å². The van der Waals surface area contributed by atoms with Gasteiger partial charge in [0.15, 0.2) is 0 Å². The van der Waals surface area contributed by atoms with Crippen molar-refractivity contribution in [2.75, 3.05) is 7.11 Å². The zero-order chi connectivity index (χ0) is 23.6. The maximum atomic E-state index is 5.95. The highest BCUT2D eigenvalue weighted by Crippen LogP contribution is 2.50. The summed E-state index contributed by atoms with van der Waals surface area (Å²) < 4.78 is 5.95. The van der Waals surface area contributed by atoms with Gasteiger partial charge in [-0.1, -0.05) is 76.2 Å². The van der Waals surface area contributed by atoms with E-state index >= 15 is 0 Å². The SMILES string of the molecule is C/C=C\CC1(c2cc(-c3ccc4cc(C(C)C)ccc4c3)ccc2OC)CC(C)CC(C)C1. The van der Waals surface area contributed by atoms with Crippen molar-refractivity contribution in [2.45, 2.75) is 71.6 Å². The minimum absolute atomic E-state index is 0.133. The van der Waals surface area contributed by atoms with Gasteiger partial charge in [0.05, 0.1) is 7.11 Å². The Bertz CT molecular complexity index is 1130. The highest BCUT2D eigenvalue weighted by atomic mass is 16.5. The highest BCUT2D eigenvalue weighted by molar-refractivity contribution is 5.88. The molecule has 2 atom stereocenters. The fourth-order valence-corrected chi connectivity index (χ4v) is 6.22. The molecule has 0 amide bonds. The number of ether oxygens (including phenoxy) is 1. The third-order valence-corrected chi connectivity index (χ3v) is 7.66. The first kappa shape index (κ1) is 23.6. The van der Waals surface area contributed by atoms with E-state index < -0.39 is 0 Å². The first-order chi connectivity index (χ1) is 15.8. The molecule has 2 unspecified atom stereocenters. The fraction of sp³-hybridized carbons (Fsp3) is 0.438. The predicted molar refractivity (Wildman–Crippen MR) is 143 cm³/mol. The summed E-state index contributed by atoms with van der Waals surface area (Å²) in [5, 5.41) is 2.62. The molecule has 1 fully saturated rings. The second kappa shape index (κ2) is 9.75. The van der Waals surface area contributed by atoms with Crippen LogP contribution in [0.5, 0.6) is 5.75 Å². The molecule has 0 saturated heterocycles. The molecule has 0 bridgehead atoms. The molecular formula is C32H40O. The summed E-state index contributed by atoms with van der Waals surface area (Å²) in [5.74, 6) is 3.03. The Labute approximate surface area is 200 Å². The number of methoxy groups -OCH3 is 1. The molecule has 1 aliphatic rings. The summed E-state index contributed by atoms with van der Waals surface area (Å²) in [7, 11) is 1.82. The zero-order valence-corrected chi connectivity index (χ0v) is 21.3. The summed E-state index contributed by atoms with van der Waals surface area (Å²) in [6.45, 7) is 11.5. The lowest BCUT2D eigenvalue weighted by molar-refractivity contribution is 0.176. The quantitative estimate of drug-likeness (QED) is 0.347. The Balaban J connectivity index is 1.81. The van der Waals surface area contributed by atoms with Crippen LogP contribution in [0.3, 0.4) is 0 Å². The second-order valence-corrected chi connectivity index (χ2v) is 10.8. The average Bonchev–Trinajstić information content (AvgIpc) is 2.81. The number of allylic oxidation sites excluding steroid dienone is 2.